The van der Waals surface area contributed by atoms with Crippen LogP contribution in [0.4, 0.5) is 5.13 Å². The van der Waals surface area contributed by atoms with Crippen LogP contribution in [0, 0.1) is 0 Å². The van der Waals surface area contributed by atoms with Gasteiger partial charge in [0, 0.05) is 35.0 Å². The molecule has 0 atom stereocenters. The molecule has 0 amide bonds. The van der Waals surface area contributed by atoms with Crippen LogP contribution in [0.1, 0.15) is 11.4 Å². The van der Waals surface area contributed by atoms with Crippen LogP contribution in [0.5, 0.6) is 0 Å². The Kier molecular flexibility index (Phi) is 3.63. The van der Waals surface area contributed by atoms with Crippen molar-refractivity contribution in [2.45, 2.75) is 6.42 Å². The highest BCUT2D eigenvalue weighted by atomic mass is 35.5. The monoisotopic (exact) mass is 273 g/mol. The van der Waals surface area contributed by atoms with E-state index in [1.54, 1.807) is 6.07 Å². The van der Waals surface area contributed by atoms with Crippen LogP contribution in [0.3, 0.4) is 0 Å². The largest absolute Gasteiger partial charge is 0.363 e. The quantitative estimate of drug-likeness (QED) is 0.931. The van der Waals surface area contributed by atoms with Crippen molar-refractivity contribution in [3.05, 3.63) is 39.6 Å². The minimum Gasteiger partial charge on any atom is -0.363 e. The lowest BCUT2D eigenvalue weighted by Gasteiger charge is -2.01. The highest BCUT2D eigenvalue weighted by Gasteiger charge is 2.07. The first-order valence-electron chi connectivity index (χ1n) is 4.63. The Labute approximate surface area is 108 Å². The average Bonchev–Trinajstić information content (AvgIpc) is 2.70. The highest BCUT2D eigenvalue weighted by Crippen LogP contribution is 2.23. The van der Waals surface area contributed by atoms with Crippen LogP contribution in [0.2, 0.25) is 10.0 Å². The minimum atomic E-state index is 0.619. The number of nitrogens with zero attached hydrogens (tertiary/aromatic N) is 2. The maximum absolute atomic E-state index is 6.07. The third kappa shape index (κ3) is 2.64. The Morgan fingerprint density at radius 2 is 2.19 bits per heavy atom. The van der Waals surface area contributed by atoms with E-state index in [1.807, 2.05) is 19.2 Å². The number of rotatable bonds is 3. The molecule has 0 saturated carbocycles. The van der Waals surface area contributed by atoms with Gasteiger partial charge in [0.05, 0.1) is 0 Å². The van der Waals surface area contributed by atoms with Crippen LogP contribution < -0.4 is 5.32 Å². The van der Waals surface area contributed by atoms with Gasteiger partial charge in [0.1, 0.15) is 5.82 Å². The molecule has 0 unspecified atom stereocenters. The van der Waals surface area contributed by atoms with Gasteiger partial charge in [-0.15, -0.1) is 0 Å². The summed E-state index contributed by atoms with van der Waals surface area (Å²) in [7, 11) is 1.82. The Bertz CT molecular complexity index is 499. The van der Waals surface area contributed by atoms with E-state index in [0.29, 0.717) is 16.5 Å². The smallest absolute Gasteiger partial charge is 0.202 e. The summed E-state index contributed by atoms with van der Waals surface area (Å²) in [5, 5.41) is 5.03. The second-order valence-corrected chi connectivity index (χ2v) is 4.77. The maximum Gasteiger partial charge on any atom is 0.202 e. The molecule has 0 aliphatic heterocycles. The number of nitrogens with one attached hydrogen (secondary N) is 1. The van der Waals surface area contributed by atoms with Crippen molar-refractivity contribution in [3.8, 4) is 0 Å². The van der Waals surface area contributed by atoms with Crippen molar-refractivity contribution >= 4 is 39.9 Å². The van der Waals surface area contributed by atoms with Crippen LogP contribution >= 0.6 is 34.7 Å². The molecule has 1 heterocycles. The lowest BCUT2D eigenvalue weighted by atomic mass is 10.1. The fourth-order valence-corrected chi connectivity index (χ4v) is 2.27. The molecule has 1 aromatic carbocycles. The molecular formula is C10H9Cl2N3S. The molecule has 0 radical (unpaired) electrons. The fourth-order valence-electron chi connectivity index (χ4n) is 1.26. The Hall–Kier alpha value is -0.840. The summed E-state index contributed by atoms with van der Waals surface area (Å²) in [6.07, 6.45) is 0.619. The Balaban J connectivity index is 2.20. The molecule has 0 saturated heterocycles. The van der Waals surface area contributed by atoms with Crippen LogP contribution in [0.15, 0.2) is 18.2 Å². The zero-order valence-corrected chi connectivity index (χ0v) is 10.8. The van der Waals surface area contributed by atoms with E-state index in [0.717, 1.165) is 16.5 Å². The summed E-state index contributed by atoms with van der Waals surface area (Å²) >= 11 is 13.2. The van der Waals surface area contributed by atoms with Gasteiger partial charge in [0.25, 0.3) is 0 Å². The third-order valence-electron chi connectivity index (χ3n) is 2.05. The molecule has 16 heavy (non-hydrogen) atoms. The first kappa shape index (κ1) is 11.6. The SMILES string of the molecule is CNc1nc(Cc2ccc(Cl)cc2Cl)ns1. The summed E-state index contributed by atoms with van der Waals surface area (Å²) in [5.74, 6) is 0.763. The van der Waals surface area contributed by atoms with Gasteiger partial charge in [-0.25, -0.2) is 4.98 Å². The molecule has 2 rings (SSSR count). The van der Waals surface area contributed by atoms with E-state index in [4.69, 9.17) is 23.2 Å². The number of aromatic nitrogens is 2. The third-order valence-corrected chi connectivity index (χ3v) is 3.40. The van der Waals surface area contributed by atoms with E-state index in [2.05, 4.69) is 14.7 Å². The van der Waals surface area contributed by atoms with Crippen molar-refractivity contribution in [3.63, 3.8) is 0 Å². The van der Waals surface area contributed by atoms with Crippen molar-refractivity contribution in [1.82, 2.24) is 9.36 Å². The second kappa shape index (κ2) is 4.99. The molecule has 0 fully saturated rings. The molecule has 0 spiro atoms. The summed E-state index contributed by atoms with van der Waals surface area (Å²) in [6, 6.07) is 5.43. The second-order valence-electron chi connectivity index (χ2n) is 3.18. The number of benzene rings is 1. The first-order valence-corrected chi connectivity index (χ1v) is 6.16. The van der Waals surface area contributed by atoms with Gasteiger partial charge in [0.15, 0.2) is 0 Å². The minimum absolute atomic E-state index is 0.619. The zero-order chi connectivity index (χ0) is 11.5. The lowest BCUT2D eigenvalue weighted by molar-refractivity contribution is 1.04. The van der Waals surface area contributed by atoms with Crippen LogP contribution in [-0.2, 0) is 6.42 Å². The van der Waals surface area contributed by atoms with Crippen molar-refractivity contribution < 1.29 is 0 Å². The van der Waals surface area contributed by atoms with Crippen molar-refractivity contribution in [2.24, 2.45) is 0 Å². The summed E-state index contributed by atoms with van der Waals surface area (Å²) in [5.41, 5.74) is 0.978. The number of anilines is 1. The molecule has 84 valence electrons. The molecule has 0 aliphatic rings. The van der Waals surface area contributed by atoms with Gasteiger partial charge in [-0.05, 0) is 17.7 Å². The average molecular weight is 274 g/mol. The Morgan fingerprint density at radius 3 is 2.81 bits per heavy atom. The van der Waals surface area contributed by atoms with E-state index >= 15 is 0 Å². The Morgan fingerprint density at radius 1 is 1.38 bits per heavy atom. The van der Waals surface area contributed by atoms with Crippen LogP contribution in [0.25, 0.3) is 0 Å². The van der Waals surface area contributed by atoms with E-state index in [9.17, 15) is 0 Å². The number of halogens is 2. The predicted octanol–water partition coefficient (Wildman–Crippen LogP) is 3.48. The summed E-state index contributed by atoms with van der Waals surface area (Å²) in [6.45, 7) is 0. The van der Waals surface area contributed by atoms with Gasteiger partial charge in [-0.3, -0.25) is 0 Å². The molecule has 0 bridgehead atoms. The summed E-state index contributed by atoms with van der Waals surface area (Å²) in [4.78, 5) is 4.29. The topological polar surface area (TPSA) is 37.8 Å². The zero-order valence-electron chi connectivity index (χ0n) is 8.50. The van der Waals surface area contributed by atoms with E-state index in [-0.39, 0.29) is 0 Å². The van der Waals surface area contributed by atoms with Gasteiger partial charge in [-0.2, -0.15) is 4.37 Å². The first-order chi connectivity index (χ1) is 7.69. The van der Waals surface area contributed by atoms with Crippen molar-refractivity contribution in [1.29, 1.82) is 0 Å². The molecule has 6 heteroatoms. The molecule has 1 aromatic heterocycles. The van der Waals surface area contributed by atoms with E-state index < -0.39 is 0 Å². The van der Waals surface area contributed by atoms with E-state index in [1.165, 1.54) is 11.5 Å². The molecule has 1 N–H and O–H groups in total. The fraction of sp³-hybridized carbons (Fsp3) is 0.200. The van der Waals surface area contributed by atoms with Gasteiger partial charge < -0.3 is 5.32 Å². The molecule has 0 aliphatic carbocycles. The standard InChI is InChI=1S/C10H9Cl2N3S/c1-13-10-14-9(15-16-10)4-6-2-3-7(11)5-8(6)12/h2-3,5H,4H2,1H3,(H,13,14,15). The van der Waals surface area contributed by atoms with Gasteiger partial charge in [0.2, 0.25) is 5.13 Å². The molecule has 3 nitrogen and oxygen atoms in total. The summed E-state index contributed by atoms with van der Waals surface area (Å²) < 4.78 is 4.22. The maximum atomic E-state index is 6.07. The van der Waals surface area contributed by atoms with Gasteiger partial charge in [-0.1, -0.05) is 29.3 Å². The van der Waals surface area contributed by atoms with Crippen molar-refractivity contribution in [2.75, 3.05) is 12.4 Å². The number of hydrogen-bond donors (Lipinski definition) is 1. The number of hydrogen-bond acceptors (Lipinski definition) is 4. The van der Waals surface area contributed by atoms with Crippen LogP contribution in [-0.4, -0.2) is 16.4 Å². The highest BCUT2D eigenvalue weighted by molar-refractivity contribution is 7.09. The normalized spacial score (nSPS) is 10.4. The molecular weight excluding hydrogens is 265 g/mol. The lowest BCUT2D eigenvalue weighted by Crippen LogP contribution is -1.93. The van der Waals surface area contributed by atoms with Gasteiger partial charge >= 0.3 is 0 Å². The predicted molar refractivity (Wildman–Crippen MR) is 68.7 cm³/mol. The molecule has 2 aromatic rings.